The van der Waals surface area contributed by atoms with Crippen molar-refractivity contribution in [3.05, 3.63) is 48.2 Å². The number of para-hydroxylation sites is 2. The summed E-state index contributed by atoms with van der Waals surface area (Å²) in [6.45, 7) is 0. The average molecular weight is 326 g/mol. The summed E-state index contributed by atoms with van der Waals surface area (Å²) in [5.41, 5.74) is 0.744. The summed E-state index contributed by atoms with van der Waals surface area (Å²) in [6, 6.07) is 11.8. The highest BCUT2D eigenvalue weighted by atomic mass is 16.5. The standard InChI is InChI=1S/C17H14N2O5/c1-22-10-7-11(23-2)9-12(8-10)24-16-15(17(20)21)18-13-5-3-4-6-14(13)19-16/h3-9H,1-2H3,(H,20,21). The van der Waals surface area contributed by atoms with Crippen molar-refractivity contribution in [2.45, 2.75) is 0 Å². The maximum atomic E-state index is 11.5. The molecule has 1 heterocycles. The van der Waals surface area contributed by atoms with E-state index in [1.807, 2.05) is 0 Å². The monoisotopic (exact) mass is 326 g/mol. The lowest BCUT2D eigenvalue weighted by molar-refractivity contribution is 0.0687. The van der Waals surface area contributed by atoms with Crippen LogP contribution < -0.4 is 14.2 Å². The Hall–Kier alpha value is -3.35. The predicted molar refractivity (Wildman–Crippen MR) is 86.1 cm³/mol. The first-order valence-electron chi connectivity index (χ1n) is 7.01. The SMILES string of the molecule is COc1cc(OC)cc(Oc2nc3ccccc3nc2C(=O)O)c1. The van der Waals surface area contributed by atoms with Crippen LogP contribution in [-0.4, -0.2) is 35.3 Å². The summed E-state index contributed by atoms with van der Waals surface area (Å²) >= 11 is 0. The fourth-order valence-electron chi connectivity index (χ4n) is 2.15. The van der Waals surface area contributed by atoms with Gasteiger partial charge in [0.05, 0.1) is 25.3 Å². The first kappa shape index (κ1) is 15.5. The van der Waals surface area contributed by atoms with Gasteiger partial charge in [0.25, 0.3) is 5.88 Å². The van der Waals surface area contributed by atoms with Gasteiger partial charge in [-0.05, 0) is 12.1 Å². The van der Waals surface area contributed by atoms with Crippen LogP contribution in [0.2, 0.25) is 0 Å². The second-order valence-electron chi connectivity index (χ2n) is 4.82. The summed E-state index contributed by atoms with van der Waals surface area (Å²) in [7, 11) is 3.02. The molecule has 0 aliphatic carbocycles. The fourth-order valence-corrected chi connectivity index (χ4v) is 2.15. The molecule has 7 nitrogen and oxygen atoms in total. The van der Waals surface area contributed by atoms with Gasteiger partial charge in [-0.15, -0.1) is 0 Å². The van der Waals surface area contributed by atoms with E-state index >= 15 is 0 Å². The van der Waals surface area contributed by atoms with Crippen molar-refractivity contribution in [1.82, 2.24) is 9.97 Å². The molecule has 0 aliphatic rings. The molecule has 122 valence electrons. The van der Waals surface area contributed by atoms with Crippen LogP contribution in [0.4, 0.5) is 0 Å². The van der Waals surface area contributed by atoms with Crippen LogP contribution in [0.15, 0.2) is 42.5 Å². The van der Waals surface area contributed by atoms with Crippen molar-refractivity contribution in [1.29, 1.82) is 0 Å². The van der Waals surface area contributed by atoms with E-state index in [0.717, 1.165) is 0 Å². The number of benzene rings is 2. The van der Waals surface area contributed by atoms with Gasteiger partial charge in [-0.2, -0.15) is 0 Å². The first-order valence-corrected chi connectivity index (χ1v) is 7.01. The Morgan fingerprint density at radius 2 is 1.46 bits per heavy atom. The molecule has 0 radical (unpaired) electrons. The van der Waals surface area contributed by atoms with E-state index in [0.29, 0.717) is 28.3 Å². The normalized spacial score (nSPS) is 10.4. The van der Waals surface area contributed by atoms with Gasteiger partial charge in [0.15, 0.2) is 0 Å². The van der Waals surface area contributed by atoms with Gasteiger partial charge >= 0.3 is 5.97 Å². The lowest BCUT2D eigenvalue weighted by Gasteiger charge is -2.11. The van der Waals surface area contributed by atoms with Crippen LogP contribution in [-0.2, 0) is 0 Å². The summed E-state index contributed by atoms with van der Waals surface area (Å²) in [5.74, 6) is 0.0258. The number of ether oxygens (including phenoxy) is 3. The van der Waals surface area contributed by atoms with Crippen LogP contribution >= 0.6 is 0 Å². The zero-order chi connectivity index (χ0) is 17.1. The number of rotatable bonds is 5. The van der Waals surface area contributed by atoms with E-state index < -0.39 is 5.97 Å². The molecule has 0 atom stereocenters. The summed E-state index contributed by atoms with van der Waals surface area (Å²) < 4.78 is 16.0. The highest BCUT2D eigenvalue weighted by molar-refractivity contribution is 5.91. The lowest BCUT2D eigenvalue weighted by Crippen LogP contribution is -2.06. The molecule has 2 aromatic carbocycles. The number of hydrogen-bond donors (Lipinski definition) is 1. The number of methoxy groups -OCH3 is 2. The minimum absolute atomic E-state index is 0.100. The Morgan fingerprint density at radius 3 is 2.00 bits per heavy atom. The number of aromatic carboxylic acids is 1. The van der Waals surface area contributed by atoms with Gasteiger partial charge in [-0.1, -0.05) is 12.1 Å². The number of carboxylic acid groups (broad SMARTS) is 1. The van der Waals surface area contributed by atoms with Gasteiger partial charge in [0.2, 0.25) is 5.69 Å². The van der Waals surface area contributed by atoms with Crippen molar-refractivity contribution < 1.29 is 24.1 Å². The Morgan fingerprint density at radius 1 is 0.917 bits per heavy atom. The van der Waals surface area contributed by atoms with E-state index in [-0.39, 0.29) is 11.6 Å². The Kier molecular flexibility index (Phi) is 4.15. The quantitative estimate of drug-likeness (QED) is 0.770. The molecule has 3 rings (SSSR count). The number of fused-ring (bicyclic) bond motifs is 1. The zero-order valence-electron chi connectivity index (χ0n) is 13.0. The molecule has 0 aliphatic heterocycles. The van der Waals surface area contributed by atoms with E-state index in [2.05, 4.69) is 9.97 Å². The summed E-state index contributed by atoms with van der Waals surface area (Å²) in [4.78, 5) is 19.8. The molecule has 3 aromatic rings. The van der Waals surface area contributed by atoms with Crippen molar-refractivity contribution in [2.24, 2.45) is 0 Å². The lowest BCUT2D eigenvalue weighted by atomic mass is 10.3. The van der Waals surface area contributed by atoms with Crippen LogP contribution in [0.3, 0.4) is 0 Å². The molecule has 7 heteroatoms. The van der Waals surface area contributed by atoms with Gasteiger partial charge in [-0.3, -0.25) is 0 Å². The third-order valence-corrected chi connectivity index (χ3v) is 3.28. The van der Waals surface area contributed by atoms with Crippen LogP contribution in [0.1, 0.15) is 10.5 Å². The third kappa shape index (κ3) is 3.05. The minimum atomic E-state index is -1.22. The largest absolute Gasteiger partial charge is 0.496 e. The molecule has 0 bridgehead atoms. The Bertz CT molecular complexity index is 888. The van der Waals surface area contributed by atoms with Crippen LogP contribution in [0.25, 0.3) is 11.0 Å². The molecule has 0 spiro atoms. The van der Waals surface area contributed by atoms with Gasteiger partial charge < -0.3 is 19.3 Å². The number of carbonyl (C=O) groups is 1. The molecular weight excluding hydrogens is 312 g/mol. The molecule has 0 saturated heterocycles. The van der Waals surface area contributed by atoms with E-state index in [4.69, 9.17) is 14.2 Å². The summed E-state index contributed by atoms with van der Waals surface area (Å²) in [6.07, 6.45) is 0. The molecule has 0 unspecified atom stereocenters. The number of aromatic nitrogens is 2. The first-order chi connectivity index (χ1) is 11.6. The van der Waals surface area contributed by atoms with E-state index in [1.165, 1.54) is 14.2 Å². The van der Waals surface area contributed by atoms with Crippen LogP contribution in [0, 0.1) is 0 Å². The van der Waals surface area contributed by atoms with Crippen LogP contribution in [0.5, 0.6) is 23.1 Å². The number of nitrogens with zero attached hydrogens (tertiary/aromatic N) is 2. The van der Waals surface area contributed by atoms with E-state index in [9.17, 15) is 9.90 Å². The smallest absolute Gasteiger partial charge is 0.360 e. The van der Waals surface area contributed by atoms with Crippen molar-refractivity contribution in [3.63, 3.8) is 0 Å². The van der Waals surface area contributed by atoms with E-state index in [1.54, 1.807) is 42.5 Å². The molecule has 24 heavy (non-hydrogen) atoms. The molecule has 0 fully saturated rings. The second-order valence-corrected chi connectivity index (χ2v) is 4.82. The second kappa shape index (κ2) is 6.41. The average Bonchev–Trinajstić information content (AvgIpc) is 2.60. The maximum Gasteiger partial charge on any atom is 0.360 e. The topological polar surface area (TPSA) is 90.8 Å². The summed E-state index contributed by atoms with van der Waals surface area (Å²) in [5, 5.41) is 9.37. The van der Waals surface area contributed by atoms with Crippen molar-refractivity contribution in [3.8, 4) is 23.1 Å². The van der Waals surface area contributed by atoms with Crippen molar-refractivity contribution >= 4 is 17.0 Å². The highest BCUT2D eigenvalue weighted by Gasteiger charge is 2.18. The molecule has 1 aromatic heterocycles. The highest BCUT2D eigenvalue weighted by Crippen LogP contribution is 2.31. The number of carboxylic acids is 1. The third-order valence-electron chi connectivity index (χ3n) is 3.28. The molecule has 1 N–H and O–H groups in total. The van der Waals surface area contributed by atoms with Gasteiger partial charge in [0.1, 0.15) is 17.2 Å². The minimum Gasteiger partial charge on any atom is -0.496 e. The van der Waals surface area contributed by atoms with Gasteiger partial charge in [0, 0.05) is 18.2 Å². The predicted octanol–water partition coefficient (Wildman–Crippen LogP) is 3.14. The fraction of sp³-hybridized carbons (Fsp3) is 0.118. The molecule has 0 saturated carbocycles. The zero-order valence-corrected chi connectivity index (χ0v) is 13.0. The Balaban J connectivity index is 2.09. The van der Waals surface area contributed by atoms with Crippen molar-refractivity contribution in [2.75, 3.05) is 14.2 Å². The Labute approximate surface area is 137 Å². The van der Waals surface area contributed by atoms with Gasteiger partial charge in [-0.25, -0.2) is 14.8 Å². The molecule has 0 amide bonds. The number of hydrogen-bond acceptors (Lipinski definition) is 6. The maximum absolute atomic E-state index is 11.5. The molecular formula is C17H14N2O5.